The fraction of sp³-hybridized carbons (Fsp3) is 0.650. The van der Waals surface area contributed by atoms with Gasteiger partial charge >= 0.3 is 0 Å². The van der Waals surface area contributed by atoms with Gasteiger partial charge in [-0.05, 0) is 147 Å². The summed E-state index contributed by atoms with van der Waals surface area (Å²) in [7, 11) is 0. The standard InChI is InChI=1S/C80H120S9/c1-7-11-15-19-23-27-31-35-39-43-47-64-59-63(5)83-79(64)74-60-65(48-44-40-36-32-28-24-20-16-12-8-2)77(87-74)72-55-53-70(85-72)68-51-52-69(84-68)71-54-56-73(86-71)78-66(49-45-41-37-33-29-25-21-17-13-9-3)61-75(88-78)80-67(62-76(89-80)82-58-57-81-6)50-46-42-38-34-30-26-22-18-14-10-4/h51-56,59-62H,7-50,57-58H2,1-6H3. The fourth-order valence-corrected chi connectivity index (χ4v) is 23.3. The van der Waals surface area contributed by atoms with Crippen molar-refractivity contribution in [3.63, 3.8) is 0 Å². The van der Waals surface area contributed by atoms with Crippen molar-refractivity contribution in [3.05, 3.63) is 87.8 Å². The third-order valence-electron chi connectivity index (χ3n) is 18.3. The molecule has 0 atom stereocenters. The van der Waals surface area contributed by atoms with Gasteiger partial charge in [0.1, 0.15) is 0 Å². The predicted molar refractivity (Wildman–Crippen MR) is 420 cm³/mol. The van der Waals surface area contributed by atoms with Crippen LogP contribution in [0.15, 0.2) is 64.9 Å². The molecule has 7 heterocycles. The molecule has 0 nitrogen and oxygen atoms in total. The van der Waals surface area contributed by atoms with Gasteiger partial charge in [-0.15, -0.1) is 91.1 Å². The largest absolute Gasteiger partial charge is 0.165 e. The highest BCUT2D eigenvalue weighted by Crippen LogP contribution is 2.51. The van der Waals surface area contributed by atoms with Crippen LogP contribution in [-0.2, 0) is 25.7 Å². The molecule has 0 N–H and O–H groups in total. The van der Waals surface area contributed by atoms with E-state index >= 15 is 0 Å². The molecule has 0 aliphatic rings. The molecule has 0 radical (unpaired) electrons. The number of hydrogen-bond acceptors (Lipinski definition) is 9. The van der Waals surface area contributed by atoms with Gasteiger partial charge in [0.05, 0.1) is 4.21 Å². The van der Waals surface area contributed by atoms with E-state index in [9.17, 15) is 0 Å². The minimum absolute atomic E-state index is 1.19. The SMILES string of the molecule is CCCCCCCCCCCCc1cc(C)sc1-c1cc(CCCCCCCCCCCC)c(-c2ccc(-c3ccc(-c4ccc(-c5sc(-c6sc(SCCSC)cc6CCCCCCCCCCCC)cc5CCCCCCCCCCCC)s4)s3)s2)s1. The summed E-state index contributed by atoms with van der Waals surface area (Å²) in [6, 6.07) is 25.1. The minimum Gasteiger partial charge on any atom is -0.165 e. The highest BCUT2D eigenvalue weighted by Gasteiger charge is 2.22. The molecule has 0 spiro atoms. The average Bonchev–Trinajstić information content (AvgIpc) is 2.21. The molecule has 0 bridgehead atoms. The van der Waals surface area contributed by atoms with Crippen molar-refractivity contribution in [2.75, 3.05) is 17.8 Å². The van der Waals surface area contributed by atoms with Crippen LogP contribution in [0, 0.1) is 6.92 Å². The summed E-state index contributed by atoms with van der Waals surface area (Å²) in [5.41, 5.74) is 6.39. The second-order valence-electron chi connectivity index (χ2n) is 26.1. The molecule has 0 aliphatic heterocycles. The number of unbranched alkanes of at least 4 members (excludes halogenated alkanes) is 36. The van der Waals surface area contributed by atoms with Crippen LogP contribution in [0.1, 0.15) is 312 Å². The molecule has 7 aromatic heterocycles. The molecule has 0 amide bonds. The molecule has 494 valence electrons. The van der Waals surface area contributed by atoms with Gasteiger partial charge in [0.2, 0.25) is 0 Å². The Hall–Kier alpha value is -1.40. The normalized spacial score (nSPS) is 11.8. The van der Waals surface area contributed by atoms with E-state index in [2.05, 4.69) is 147 Å². The van der Waals surface area contributed by atoms with Gasteiger partial charge in [-0.1, -0.05) is 259 Å². The lowest BCUT2D eigenvalue weighted by molar-refractivity contribution is 0.556. The number of hydrogen-bond donors (Lipinski definition) is 0. The number of rotatable bonds is 54. The van der Waals surface area contributed by atoms with Crippen LogP contribution in [0.5, 0.6) is 0 Å². The van der Waals surface area contributed by atoms with E-state index in [1.54, 1.807) is 32.0 Å². The summed E-state index contributed by atoms with van der Waals surface area (Å²) >= 11 is 18.5. The number of aryl methyl sites for hydroxylation is 5. The summed E-state index contributed by atoms with van der Waals surface area (Å²) in [5, 5.41) is 0. The van der Waals surface area contributed by atoms with E-state index in [4.69, 9.17) is 0 Å². The van der Waals surface area contributed by atoms with E-state index < -0.39 is 0 Å². The maximum atomic E-state index is 2.66. The molecule has 7 aromatic rings. The molecule has 0 aliphatic carbocycles. The highest BCUT2D eigenvalue weighted by atomic mass is 32.2. The Kier molecular flexibility index (Phi) is 38.7. The highest BCUT2D eigenvalue weighted by molar-refractivity contribution is 8.03. The molecule has 0 unspecified atom stereocenters. The zero-order chi connectivity index (χ0) is 62.4. The van der Waals surface area contributed by atoms with Gasteiger partial charge in [0.15, 0.2) is 0 Å². The first-order chi connectivity index (χ1) is 43.9. The van der Waals surface area contributed by atoms with Crippen LogP contribution in [-0.4, -0.2) is 17.8 Å². The fourth-order valence-electron chi connectivity index (χ4n) is 12.9. The van der Waals surface area contributed by atoms with Crippen molar-refractivity contribution in [2.24, 2.45) is 0 Å². The van der Waals surface area contributed by atoms with Crippen molar-refractivity contribution in [1.29, 1.82) is 0 Å². The number of thioether (sulfide) groups is 2. The summed E-state index contributed by atoms with van der Waals surface area (Å²) in [5.74, 6) is 2.41. The molecular weight excluding hydrogens is 1250 g/mol. The summed E-state index contributed by atoms with van der Waals surface area (Å²) in [4.78, 5) is 19.3. The topological polar surface area (TPSA) is 0 Å². The van der Waals surface area contributed by atoms with Crippen LogP contribution in [0.3, 0.4) is 0 Å². The van der Waals surface area contributed by atoms with Gasteiger partial charge in [-0.2, -0.15) is 11.8 Å². The zero-order valence-corrected chi connectivity index (χ0v) is 64.3. The molecule has 0 fully saturated rings. The van der Waals surface area contributed by atoms with Crippen LogP contribution in [0.4, 0.5) is 0 Å². The predicted octanol–water partition coefficient (Wildman–Crippen LogP) is 31.7. The minimum atomic E-state index is 1.19. The lowest BCUT2D eigenvalue weighted by Crippen LogP contribution is -1.87. The molecule has 7 rings (SSSR count). The monoisotopic (exact) mass is 1370 g/mol. The first-order valence-electron chi connectivity index (χ1n) is 36.8. The van der Waals surface area contributed by atoms with Crippen molar-refractivity contribution < 1.29 is 0 Å². The summed E-state index contributed by atoms with van der Waals surface area (Å²) < 4.78 is 1.52. The molecular formula is C80H120S9. The lowest BCUT2D eigenvalue weighted by atomic mass is 10.0. The van der Waals surface area contributed by atoms with Crippen LogP contribution in [0.25, 0.3) is 58.5 Å². The maximum Gasteiger partial charge on any atom is 0.0608 e. The van der Waals surface area contributed by atoms with Gasteiger partial charge in [-0.3, -0.25) is 0 Å². The summed E-state index contributed by atoms with van der Waals surface area (Å²) in [6.07, 6.45) is 62.6. The van der Waals surface area contributed by atoms with Crippen LogP contribution >= 0.6 is 103 Å². The van der Waals surface area contributed by atoms with Crippen molar-refractivity contribution >= 4 is 103 Å². The Balaban J connectivity index is 1.06. The van der Waals surface area contributed by atoms with Gasteiger partial charge < -0.3 is 0 Å². The Labute approximate surface area is 582 Å². The Bertz CT molecular complexity index is 2880. The quantitative estimate of drug-likeness (QED) is 0.0275. The van der Waals surface area contributed by atoms with E-state index in [-0.39, 0.29) is 0 Å². The molecule has 0 saturated carbocycles. The van der Waals surface area contributed by atoms with E-state index in [0.29, 0.717) is 0 Å². The Morgan fingerprint density at radius 1 is 0.258 bits per heavy atom. The second-order valence-corrected chi connectivity index (χ2v) is 36.2. The van der Waals surface area contributed by atoms with Crippen molar-refractivity contribution in [2.45, 2.75) is 321 Å². The molecule has 9 heteroatoms. The number of thiophene rings is 7. The van der Waals surface area contributed by atoms with Crippen molar-refractivity contribution in [3.8, 4) is 58.5 Å². The Morgan fingerprint density at radius 3 is 0.865 bits per heavy atom. The van der Waals surface area contributed by atoms with E-state index in [0.717, 1.165) is 0 Å². The second kappa shape index (κ2) is 45.9. The first-order valence-corrected chi connectivity index (χ1v) is 44.9. The maximum absolute atomic E-state index is 2.66. The van der Waals surface area contributed by atoms with Crippen LogP contribution < -0.4 is 0 Å². The first kappa shape index (κ1) is 75.0. The average molecular weight is 1370 g/mol. The lowest BCUT2D eigenvalue weighted by Gasteiger charge is -2.04. The van der Waals surface area contributed by atoms with Crippen LogP contribution in [0.2, 0.25) is 0 Å². The van der Waals surface area contributed by atoms with E-state index in [1.807, 2.05) is 57.1 Å². The smallest absolute Gasteiger partial charge is 0.0608 e. The third-order valence-corrected chi connectivity index (χ3v) is 29.3. The van der Waals surface area contributed by atoms with Crippen molar-refractivity contribution in [1.82, 2.24) is 0 Å². The van der Waals surface area contributed by atoms with Gasteiger partial charge in [0, 0.05) is 74.9 Å². The Morgan fingerprint density at radius 2 is 0.528 bits per heavy atom. The zero-order valence-electron chi connectivity index (χ0n) is 57.0. The third kappa shape index (κ3) is 27.3. The van der Waals surface area contributed by atoms with Gasteiger partial charge in [-0.25, -0.2) is 0 Å². The van der Waals surface area contributed by atoms with Gasteiger partial charge in [0.25, 0.3) is 0 Å². The van der Waals surface area contributed by atoms with E-state index in [1.165, 1.54) is 352 Å². The molecule has 0 aromatic carbocycles. The molecule has 89 heavy (non-hydrogen) atoms. The summed E-state index contributed by atoms with van der Waals surface area (Å²) in [6.45, 7) is 11.6. The molecule has 0 saturated heterocycles.